The molecule has 1 N–H and O–H groups in total. The number of sulfonamides is 1. The van der Waals surface area contributed by atoms with Crippen LogP contribution < -0.4 is 5.32 Å². The highest BCUT2D eigenvalue weighted by Gasteiger charge is 2.33. The lowest BCUT2D eigenvalue weighted by Crippen LogP contribution is -2.43. The molecule has 1 amide bonds. The van der Waals surface area contributed by atoms with Crippen LogP contribution in [-0.4, -0.2) is 57.7 Å². The molecule has 1 saturated heterocycles. The van der Waals surface area contributed by atoms with Crippen molar-refractivity contribution in [3.05, 3.63) is 34.9 Å². The van der Waals surface area contributed by atoms with Crippen molar-refractivity contribution in [1.29, 1.82) is 0 Å². The lowest BCUT2D eigenvalue weighted by atomic mass is 10.1. The lowest BCUT2D eigenvalue weighted by Gasteiger charge is -2.21. The average molecular weight is 389 g/mol. The van der Waals surface area contributed by atoms with E-state index in [1.165, 1.54) is 18.4 Å². The van der Waals surface area contributed by atoms with Crippen LogP contribution in [0.5, 0.6) is 0 Å². The molecule has 0 saturated carbocycles. The third-order valence-corrected chi connectivity index (χ3v) is 6.52. The Bertz CT molecular complexity index is 676. The maximum Gasteiger partial charge on any atom is 0.220 e. The SMILES string of the molecule is CN(C)S(=O)(=O)CC1COCC1NC(=O)CCCc1ccc(Cl)cc1. The minimum absolute atomic E-state index is 0.0181. The van der Waals surface area contributed by atoms with Gasteiger partial charge in [0.05, 0.1) is 25.0 Å². The van der Waals surface area contributed by atoms with Crippen LogP contribution in [0.15, 0.2) is 24.3 Å². The summed E-state index contributed by atoms with van der Waals surface area (Å²) < 4.78 is 30.6. The molecule has 0 bridgehead atoms. The normalized spacial score (nSPS) is 20.8. The summed E-state index contributed by atoms with van der Waals surface area (Å²) in [6.07, 6.45) is 1.91. The smallest absolute Gasteiger partial charge is 0.220 e. The molecular formula is C17H25ClN2O4S. The molecule has 0 aliphatic carbocycles. The van der Waals surface area contributed by atoms with Crippen LogP contribution in [0.25, 0.3) is 0 Å². The van der Waals surface area contributed by atoms with Gasteiger partial charge < -0.3 is 10.1 Å². The fraction of sp³-hybridized carbons (Fsp3) is 0.588. The zero-order valence-corrected chi connectivity index (χ0v) is 16.1. The number of amides is 1. The van der Waals surface area contributed by atoms with Crippen LogP contribution in [0.3, 0.4) is 0 Å². The third-order valence-electron chi connectivity index (χ3n) is 4.31. The highest BCUT2D eigenvalue weighted by atomic mass is 35.5. The third kappa shape index (κ3) is 6.26. The van der Waals surface area contributed by atoms with E-state index in [9.17, 15) is 13.2 Å². The van der Waals surface area contributed by atoms with Crippen LogP contribution in [0.4, 0.5) is 0 Å². The molecule has 1 heterocycles. The van der Waals surface area contributed by atoms with Crippen molar-refractivity contribution in [3.8, 4) is 0 Å². The molecule has 1 aromatic carbocycles. The number of hydrogen-bond acceptors (Lipinski definition) is 4. The van der Waals surface area contributed by atoms with Gasteiger partial charge in [-0.25, -0.2) is 12.7 Å². The molecule has 2 atom stereocenters. The van der Waals surface area contributed by atoms with Crippen LogP contribution in [0.1, 0.15) is 18.4 Å². The van der Waals surface area contributed by atoms with Gasteiger partial charge in [-0.2, -0.15) is 0 Å². The Labute approximate surface area is 154 Å². The Morgan fingerprint density at radius 2 is 1.96 bits per heavy atom. The van der Waals surface area contributed by atoms with Crippen molar-refractivity contribution in [1.82, 2.24) is 9.62 Å². The van der Waals surface area contributed by atoms with Gasteiger partial charge in [-0.05, 0) is 30.5 Å². The van der Waals surface area contributed by atoms with Crippen molar-refractivity contribution >= 4 is 27.5 Å². The van der Waals surface area contributed by atoms with E-state index in [0.29, 0.717) is 24.7 Å². The van der Waals surface area contributed by atoms with Crippen molar-refractivity contribution in [2.75, 3.05) is 33.1 Å². The first kappa shape index (κ1) is 20.2. The molecule has 140 valence electrons. The predicted molar refractivity (Wildman–Crippen MR) is 98.1 cm³/mol. The minimum atomic E-state index is -3.32. The first-order valence-electron chi connectivity index (χ1n) is 8.29. The van der Waals surface area contributed by atoms with Gasteiger partial charge in [-0.3, -0.25) is 4.79 Å². The number of ether oxygens (including phenoxy) is 1. The largest absolute Gasteiger partial charge is 0.379 e. The summed E-state index contributed by atoms with van der Waals surface area (Å²) in [7, 11) is -0.297. The quantitative estimate of drug-likeness (QED) is 0.735. The fourth-order valence-electron chi connectivity index (χ4n) is 2.73. The monoisotopic (exact) mass is 388 g/mol. The number of hydrogen-bond donors (Lipinski definition) is 1. The molecule has 0 aromatic heterocycles. The number of aryl methyl sites for hydroxylation is 1. The number of carbonyl (C=O) groups is 1. The number of nitrogens with zero attached hydrogens (tertiary/aromatic N) is 1. The van der Waals surface area contributed by atoms with Gasteiger partial charge >= 0.3 is 0 Å². The predicted octanol–water partition coefficient (Wildman–Crippen LogP) is 1.69. The van der Waals surface area contributed by atoms with E-state index in [1.54, 1.807) is 0 Å². The zero-order valence-electron chi connectivity index (χ0n) is 14.6. The number of carbonyl (C=O) groups excluding carboxylic acids is 1. The Morgan fingerprint density at radius 1 is 1.28 bits per heavy atom. The van der Waals surface area contributed by atoms with Gasteiger partial charge in [-0.1, -0.05) is 23.7 Å². The maximum atomic E-state index is 12.1. The molecule has 2 unspecified atom stereocenters. The average Bonchev–Trinajstić information content (AvgIpc) is 2.95. The van der Waals surface area contributed by atoms with E-state index in [2.05, 4.69) is 5.32 Å². The maximum absolute atomic E-state index is 12.1. The van der Waals surface area contributed by atoms with Crippen molar-refractivity contribution in [2.45, 2.75) is 25.3 Å². The first-order chi connectivity index (χ1) is 11.8. The van der Waals surface area contributed by atoms with Crippen molar-refractivity contribution < 1.29 is 17.9 Å². The van der Waals surface area contributed by atoms with Gasteiger partial charge in [0.2, 0.25) is 15.9 Å². The van der Waals surface area contributed by atoms with E-state index >= 15 is 0 Å². The van der Waals surface area contributed by atoms with Crippen LogP contribution in [0, 0.1) is 5.92 Å². The van der Waals surface area contributed by atoms with E-state index in [0.717, 1.165) is 18.4 Å². The number of rotatable bonds is 8. The van der Waals surface area contributed by atoms with Crippen LogP contribution >= 0.6 is 11.6 Å². The molecule has 1 fully saturated rings. The van der Waals surface area contributed by atoms with Gasteiger partial charge in [0.25, 0.3) is 0 Å². The Morgan fingerprint density at radius 3 is 2.60 bits per heavy atom. The molecular weight excluding hydrogens is 364 g/mol. The molecule has 25 heavy (non-hydrogen) atoms. The van der Waals surface area contributed by atoms with Crippen LogP contribution in [-0.2, 0) is 26.0 Å². The van der Waals surface area contributed by atoms with E-state index in [-0.39, 0.29) is 23.6 Å². The van der Waals surface area contributed by atoms with Gasteiger partial charge in [0.1, 0.15) is 0 Å². The summed E-state index contributed by atoms with van der Waals surface area (Å²) in [5.41, 5.74) is 1.14. The first-order valence-corrected chi connectivity index (χ1v) is 10.3. The Hall–Kier alpha value is -1.15. The topological polar surface area (TPSA) is 75.7 Å². The Balaban J connectivity index is 1.78. The molecule has 1 aromatic rings. The molecule has 6 nitrogen and oxygen atoms in total. The molecule has 1 aliphatic heterocycles. The van der Waals surface area contributed by atoms with E-state index < -0.39 is 10.0 Å². The molecule has 8 heteroatoms. The summed E-state index contributed by atoms with van der Waals surface area (Å²) >= 11 is 5.85. The summed E-state index contributed by atoms with van der Waals surface area (Å²) in [5.74, 6) is -0.306. The molecule has 0 radical (unpaired) electrons. The van der Waals surface area contributed by atoms with E-state index in [4.69, 9.17) is 16.3 Å². The second kappa shape index (κ2) is 8.98. The van der Waals surface area contributed by atoms with Gasteiger partial charge in [0.15, 0.2) is 0 Å². The molecule has 0 spiro atoms. The van der Waals surface area contributed by atoms with Crippen molar-refractivity contribution in [2.24, 2.45) is 5.92 Å². The van der Waals surface area contributed by atoms with Crippen molar-refractivity contribution in [3.63, 3.8) is 0 Å². The second-order valence-corrected chi connectivity index (χ2v) is 9.18. The van der Waals surface area contributed by atoms with Gasteiger partial charge in [-0.15, -0.1) is 0 Å². The standard InChI is InChI=1S/C17H25ClN2O4S/c1-20(2)25(22,23)12-14-10-24-11-16(14)19-17(21)5-3-4-13-6-8-15(18)9-7-13/h6-9,14,16H,3-5,10-12H2,1-2H3,(H,19,21). The summed E-state index contributed by atoms with van der Waals surface area (Å²) in [6.45, 7) is 0.708. The number of nitrogens with one attached hydrogen (secondary N) is 1. The van der Waals surface area contributed by atoms with Crippen LogP contribution in [0.2, 0.25) is 5.02 Å². The fourth-order valence-corrected chi connectivity index (χ4v) is 4.02. The molecule has 2 rings (SSSR count). The zero-order chi connectivity index (χ0) is 18.4. The minimum Gasteiger partial charge on any atom is -0.379 e. The number of benzene rings is 1. The molecule has 1 aliphatic rings. The second-order valence-electron chi connectivity index (χ2n) is 6.51. The Kier molecular flexibility index (Phi) is 7.25. The lowest BCUT2D eigenvalue weighted by molar-refractivity contribution is -0.122. The highest BCUT2D eigenvalue weighted by molar-refractivity contribution is 7.89. The van der Waals surface area contributed by atoms with Gasteiger partial charge in [0, 0.05) is 31.5 Å². The summed E-state index contributed by atoms with van der Waals surface area (Å²) in [6, 6.07) is 7.32. The number of halogens is 1. The highest BCUT2D eigenvalue weighted by Crippen LogP contribution is 2.18. The summed E-state index contributed by atoms with van der Waals surface area (Å²) in [4.78, 5) is 12.1. The summed E-state index contributed by atoms with van der Waals surface area (Å²) in [5, 5.41) is 3.61. The van der Waals surface area contributed by atoms with E-state index in [1.807, 2.05) is 24.3 Å².